The van der Waals surface area contributed by atoms with Crippen LogP contribution in [-0.2, 0) is 22.6 Å². The maximum atomic E-state index is 13.7. The van der Waals surface area contributed by atoms with Crippen LogP contribution in [-0.4, -0.2) is 41.7 Å². The molecular formula is C29H33ClN2O3S. The van der Waals surface area contributed by atoms with E-state index in [1.807, 2.05) is 80.6 Å². The van der Waals surface area contributed by atoms with Gasteiger partial charge in [-0.15, -0.1) is 11.8 Å². The number of benzene rings is 3. The summed E-state index contributed by atoms with van der Waals surface area (Å²) in [6.45, 7) is 4.30. The number of hydrogen-bond acceptors (Lipinski definition) is 4. The molecular weight excluding hydrogens is 492 g/mol. The molecule has 1 N–H and O–H groups in total. The molecule has 0 bridgehead atoms. The van der Waals surface area contributed by atoms with Gasteiger partial charge in [0.2, 0.25) is 11.8 Å². The number of thioether (sulfide) groups is 1. The standard InChI is InChI=1S/C29H33ClN2O3S/c1-4-21(2)31-29(34)27(18-22-9-6-5-7-10-22)32(19-23-11-8-12-25(17-23)35-3)28(33)20-36-26-15-13-24(30)14-16-26/h5-17,21,27H,4,18-20H2,1-3H3,(H,31,34)/t21-,27-/m0/s1. The maximum Gasteiger partial charge on any atom is 0.243 e. The van der Waals surface area contributed by atoms with Crippen molar-refractivity contribution < 1.29 is 14.3 Å². The number of carbonyl (C=O) groups excluding carboxylic acids is 2. The molecule has 2 atom stereocenters. The molecule has 7 heteroatoms. The van der Waals surface area contributed by atoms with Crippen LogP contribution in [0.2, 0.25) is 5.02 Å². The van der Waals surface area contributed by atoms with Crippen molar-refractivity contribution in [2.75, 3.05) is 12.9 Å². The molecule has 0 spiro atoms. The smallest absolute Gasteiger partial charge is 0.243 e. The number of halogens is 1. The Morgan fingerprint density at radius 1 is 1.00 bits per heavy atom. The minimum absolute atomic E-state index is 0.00740. The molecule has 3 rings (SSSR count). The summed E-state index contributed by atoms with van der Waals surface area (Å²) >= 11 is 7.44. The molecule has 0 aliphatic rings. The normalized spacial score (nSPS) is 12.4. The van der Waals surface area contributed by atoms with Crippen LogP contribution < -0.4 is 10.1 Å². The quantitative estimate of drug-likeness (QED) is 0.295. The predicted molar refractivity (Wildman–Crippen MR) is 148 cm³/mol. The second-order valence-electron chi connectivity index (χ2n) is 8.64. The van der Waals surface area contributed by atoms with E-state index in [9.17, 15) is 9.59 Å². The summed E-state index contributed by atoms with van der Waals surface area (Å²) < 4.78 is 5.39. The molecule has 0 radical (unpaired) electrons. The molecule has 0 fully saturated rings. The van der Waals surface area contributed by atoms with Gasteiger partial charge < -0.3 is 15.0 Å². The van der Waals surface area contributed by atoms with Crippen LogP contribution in [0.1, 0.15) is 31.4 Å². The van der Waals surface area contributed by atoms with E-state index in [0.717, 1.165) is 22.4 Å². The molecule has 190 valence electrons. The van der Waals surface area contributed by atoms with E-state index in [2.05, 4.69) is 5.32 Å². The van der Waals surface area contributed by atoms with Gasteiger partial charge in [0, 0.05) is 28.9 Å². The van der Waals surface area contributed by atoms with Gasteiger partial charge in [-0.05, 0) is 60.9 Å². The van der Waals surface area contributed by atoms with Crippen LogP contribution in [0.15, 0.2) is 83.8 Å². The zero-order valence-corrected chi connectivity index (χ0v) is 22.5. The molecule has 0 unspecified atom stereocenters. The molecule has 0 saturated carbocycles. The Balaban J connectivity index is 1.92. The van der Waals surface area contributed by atoms with Gasteiger partial charge in [0.15, 0.2) is 0 Å². The molecule has 36 heavy (non-hydrogen) atoms. The number of nitrogens with zero attached hydrogens (tertiary/aromatic N) is 1. The topological polar surface area (TPSA) is 58.6 Å². The minimum atomic E-state index is -0.661. The van der Waals surface area contributed by atoms with Gasteiger partial charge in [-0.2, -0.15) is 0 Å². The highest BCUT2D eigenvalue weighted by atomic mass is 35.5. The highest BCUT2D eigenvalue weighted by molar-refractivity contribution is 8.00. The van der Waals surface area contributed by atoms with Crippen LogP contribution in [0.3, 0.4) is 0 Å². The van der Waals surface area contributed by atoms with Crippen molar-refractivity contribution in [3.05, 3.63) is 95.0 Å². The fraction of sp³-hybridized carbons (Fsp3) is 0.310. The summed E-state index contributed by atoms with van der Waals surface area (Å²) in [6, 6.07) is 24.2. The largest absolute Gasteiger partial charge is 0.497 e. The summed E-state index contributed by atoms with van der Waals surface area (Å²) in [4.78, 5) is 29.9. The molecule has 0 aliphatic carbocycles. The Labute approximate surface area is 223 Å². The fourth-order valence-corrected chi connectivity index (χ4v) is 4.63. The van der Waals surface area contributed by atoms with Crippen molar-refractivity contribution in [2.24, 2.45) is 0 Å². The highest BCUT2D eigenvalue weighted by Crippen LogP contribution is 2.23. The predicted octanol–water partition coefficient (Wildman–Crippen LogP) is 6.00. The first kappa shape index (κ1) is 27.6. The van der Waals surface area contributed by atoms with Gasteiger partial charge in [-0.25, -0.2) is 0 Å². The van der Waals surface area contributed by atoms with Crippen molar-refractivity contribution in [1.29, 1.82) is 0 Å². The van der Waals surface area contributed by atoms with E-state index in [1.165, 1.54) is 11.8 Å². The number of rotatable bonds is 12. The maximum absolute atomic E-state index is 13.7. The molecule has 2 amide bonds. The molecule has 0 aromatic heterocycles. The van der Waals surface area contributed by atoms with E-state index in [0.29, 0.717) is 23.7 Å². The summed E-state index contributed by atoms with van der Waals surface area (Å²) in [6.07, 6.45) is 1.23. The van der Waals surface area contributed by atoms with Crippen LogP contribution in [0.25, 0.3) is 0 Å². The third kappa shape index (κ3) is 8.32. The van der Waals surface area contributed by atoms with Gasteiger partial charge in [0.05, 0.1) is 12.9 Å². The van der Waals surface area contributed by atoms with Crippen LogP contribution >= 0.6 is 23.4 Å². The Morgan fingerprint density at radius 3 is 2.36 bits per heavy atom. The number of carbonyl (C=O) groups is 2. The average molecular weight is 525 g/mol. The lowest BCUT2D eigenvalue weighted by Crippen LogP contribution is -2.52. The Bertz CT molecular complexity index is 1120. The lowest BCUT2D eigenvalue weighted by molar-refractivity contribution is -0.139. The third-order valence-electron chi connectivity index (χ3n) is 5.94. The van der Waals surface area contributed by atoms with Gasteiger partial charge in [-0.1, -0.05) is 61.0 Å². The Kier molecular flexibility index (Phi) is 10.7. The van der Waals surface area contributed by atoms with Crippen molar-refractivity contribution in [3.8, 4) is 5.75 Å². The average Bonchev–Trinajstić information content (AvgIpc) is 2.90. The van der Waals surface area contributed by atoms with Crippen LogP contribution in [0, 0.1) is 0 Å². The van der Waals surface area contributed by atoms with Gasteiger partial charge in [-0.3, -0.25) is 9.59 Å². The first-order valence-corrected chi connectivity index (χ1v) is 13.4. The lowest BCUT2D eigenvalue weighted by Gasteiger charge is -2.32. The van der Waals surface area contributed by atoms with E-state index in [1.54, 1.807) is 24.1 Å². The zero-order chi connectivity index (χ0) is 25.9. The SMILES string of the molecule is CC[C@H](C)NC(=O)[C@H](Cc1ccccc1)N(Cc1cccc(OC)c1)C(=O)CSc1ccc(Cl)cc1. The van der Waals surface area contributed by atoms with Crippen LogP contribution in [0.4, 0.5) is 0 Å². The Morgan fingerprint density at radius 2 is 1.69 bits per heavy atom. The first-order valence-electron chi connectivity index (χ1n) is 12.0. The monoisotopic (exact) mass is 524 g/mol. The minimum Gasteiger partial charge on any atom is -0.497 e. The van der Waals surface area contributed by atoms with Crippen molar-refractivity contribution in [3.63, 3.8) is 0 Å². The van der Waals surface area contributed by atoms with E-state index in [-0.39, 0.29) is 23.6 Å². The summed E-state index contributed by atoms with van der Waals surface area (Å²) in [5.74, 6) is 0.645. The van der Waals surface area contributed by atoms with E-state index in [4.69, 9.17) is 16.3 Å². The Hall–Kier alpha value is -2.96. The second-order valence-corrected chi connectivity index (χ2v) is 10.1. The van der Waals surface area contributed by atoms with Crippen molar-refractivity contribution >= 4 is 35.2 Å². The number of nitrogens with one attached hydrogen (secondary N) is 1. The van der Waals surface area contributed by atoms with E-state index < -0.39 is 6.04 Å². The number of methoxy groups -OCH3 is 1. The number of ether oxygens (including phenoxy) is 1. The summed E-state index contributed by atoms with van der Waals surface area (Å²) in [5, 5.41) is 3.74. The second kappa shape index (κ2) is 14.0. The third-order valence-corrected chi connectivity index (χ3v) is 7.18. The summed E-state index contributed by atoms with van der Waals surface area (Å²) in [5.41, 5.74) is 1.89. The molecule has 0 heterocycles. The van der Waals surface area contributed by atoms with Gasteiger partial charge in [0.25, 0.3) is 0 Å². The van der Waals surface area contributed by atoms with E-state index >= 15 is 0 Å². The van der Waals surface area contributed by atoms with Crippen molar-refractivity contribution in [2.45, 2.75) is 50.2 Å². The van der Waals surface area contributed by atoms with Gasteiger partial charge >= 0.3 is 0 Å². The van der Waals surface area contributed by atoms with Crippen molar-refractivity contribution in [1.82, 2.24) is 10.2 Å². The fourth-order valence-electron chi connectivity index (χ4n) is 3.72. The summed E-state index contributed by atoms with van der Waals surface area (Å²) in [7, 11) is 1.61. The molecule has 5 nitrogen and oxygen atoms in total. The number of hydrogen-bond donors (Lipinski definition) is 1. The molecule has 0 aliphatic heterocycles. The first-order chi connectivity index (χ1) is 17.4. The van der Waals surface area contributed by atoms with Crippen LogP contribution in [0.5, 0.6) is 5.75 Å². The lowest BCUT2D eigenvalue weighted by atomic mass is 10.0. The van der Waals surface area contributed by atoms with Gasteiger partial charge in [0.1, 0.15) is 11.8 Å². The highest BCUT2D eigenvalue weighted by Gasteiger charge is 2.31. The zero-order valence-electron chi connectivity index (χ0n) is 20.9. The molecule has 3 aromatic rings. The molecule has 3 aromatic carbocycles. The molecule has 0 saturated heterocycles. The number of amides is 2.